The van der Waals surface area contributed by atoms with Crippen molar-refractivity contribution in [3.63, 3.8) is 0 Å². The maximum absolute atomic E-state index is 11.3. The van der Waals surface area contributed by atoms with Crippen LogP contribution in [-0.4, -0.2) is 33.6 Å². The molecular weight excluding hydrogens is 252 g/mol. The van der Waals surface area contributed by atoms with Crippen LogP contribution in [-0.2, 0) is 11.3 Å². The van der Waals surface area contributed by atoms with Gasteiger partial charge in [0, 0.05) is 19.1 Å². The molecule has 98 valence electrons. The number of nitrogens with zero attached hydrogens (tertiary/aromatic N) is 3. The summed E-state index contributed by atoms with van der Waals surface area (Å²) in [5, 5.41) is 8.25. The molecule has 18 heavy (non-hydrogen) atoms. The Morgan fingerprint density at radius 1 is 1.50 bits per heavy atom. The van der Waals surface area contributed by atoms with Crippen molar-refractivity contribution in [1.29, 1.82) is 0 Å². The Morgan fingerprint density at radius 3 is 2.89 bits per heavy atom. The lowest BCUT2D eigenvalue weighted by Crippen LogP contribution is -2.45. The maximum Gasteiger partial charge on any atom is 0.221 e. The van der Waals surface area contributed by atoms with E-state index in [9.17, 15) is 4.79 Å². The lowest BCUT2D eigenvalue weighted by Gasteiger charge is -2.36. The molecule has 0 radical (unpaired) electrons. The quantitative estimate of drug-likeness (QED) is 0.895. The van der Waals surface area contributed by atoms with Crippen molar-refractivity contribution < 1.29 is 4.79 Å². The third kappa shape index (κ3) is 3.17. The van der Waals surface area contributed by atoms with Crippen molar-refractivity contribution in [2.75, 3.05) is 6.54 Å². The van der Waals surface area contributed by atoms with E-state index in [4.69, 9.17) is 17.3 Å². The van der Waals surface area contributed by atoms with E-state index < -0.39 is 0 Å². The van der Waals surface area contributed by atoms with Gasteiger partial charge in [-0.25, -0.2) is 0 Å². The molecule has 6 heteroatoms. The lowest BCUT2D eigenvalue weighted by atomic mass is 9.93. The highest BCUT2D eigenvalue weighted by Gasteiger charge is 2.28. The van der Waals surface area contributed by atoms with Crippen LogP contribution in [0.15, 0.2) is 12.1 Å². The Labute approximate surface area is 111 Å². The first-order valence-corrected chi connectivity index (χ1v) is 6.45. The average Bonchev–Trinajstić information content (AvgIpc) is 2.34. The Balaban J connectivity index is 2.02. The molecule has 0 aliphatic carbocycles. The van der Waals surface area contributed by atoms with Crippen molar-refractivity contribution in [3.8, 4) is 0 Å². The van der Waals surface area contributed by atoms with Crippen LogP contribution in [0.1, 0.15) is 25.5 Å². The summed E-state index contributed by atoms with van der Waals surface area (Å²) in [6.07, 6.45) is 1.86. The molecule has 2 unspecified atom stereocenters. The number of amides is 1. The first-order chi connectivity index (χ1) is 8.56. The van der Waals surface area contributed by atoms with Crippen molar-refractivity contribution in [3.05, 3.63) is 23.0 Å². The Hall–Kier alpha value is -1.20. The third-order valence-corrected chi connectivity index (χ3v) is 3.67. The van der Waals surface area contributed by atoms with Gasteiger partial charge in [0.25, 0.3) is 0 Å². The number of hydrogen-bond acceptors (Lipinski definition) is 4. The molecule has 0 saturated carbocycles. The van der Waals surface area contributed by atoms with Gasteiger partial charge < -0.3 is 5.73 Å². The van der Waals surface area contributed by atoms with Gasteiger partial charge in [-0.15, -0.1) is 5.10 Å². The molecule has 2 heterocycles. The fraction of sp³-hybridized carbons (Fsp3) is 0.583. The minimum absolute atomic E-state index is 0.0542. The molecule has 5 nitrogen and oxygen atoms in total. The number of primary amides is 1. The Kier molecular flexibility index (Phi) is 4.14. The van der Waals surface area contributed by atoms with Crippen LogP contribution in [0.4, 0.5) is 0 Å². The molecular formula is C12H17ClN4O. The van der Waals surface area contributed by atoms with E-state index in [1.54, 1.807) is 6.07 Å². The minimum atomic E-state index is -0.214. The van der Waals surface area contributed by atoms with Crippen LogP contribution in [0.5, 0.6) is 0 Å². The number of likely N-dealkylation sites (tertiary alicyclic amines) is 1. The smallest absolute Gasteiger partial charge is 0.221 e. The van der Waals surface area contributed by atoms with Gasteiger partial charge in [-0.2, -0.15) is 5.10 Å². The molecule has 1 aliphatic rings. The van der Waals surface area contributed by atoms with Gasteiger partial charge in [0.05, 0.1) is 11.6 Å². The zero-order valence-corrected chi connectivity index (χ0v) is 11.1. The number of rotatable bonds is 3. The molecule has 1 fully saturated rings. The summed E-state index contributed by atoms with van der Waals surface area (Å²) in [5.74, 6) is -0.268. The number of halogens is 1. The summed E-state index contributed by atoms with van der Waals surface area (Å²) >= 11 is 5.70. The molecule has 1 aliphatic heterocycles. The minimum Gasteiger partial charge on any atom is -0.369 e. The molecule has 2 atom stereocenters. The molecule has 1 aromatic heterocycles. The monoisotopic (exact) mass is 268 g/mol. The summed E-state index contributed by atoms with van der Waals surface area (Å²) in [6, 6.07) is 4.01. The molecule has 2 N–H and O–H groups in total. The predicted molar refractivity (Wildman–Crippen MR) is 68.8 cm³/mol. The summed E-state index contributed by atoms with van der Waals surface area (Å²) < 4.78 is 0. The summed E-state index contributed by atoms with van der Waals surface area (Å²) in [4.78, 5) is 13.5. The summed E-state index contributed by atoms with van der Waals surface area (Å²) in [5.41, 5.74) is 6.23. The van der Waals surface area contributed by atoms with Crippen LogP contribution in [0.3, 0.4) is 0 Å². The molecule has 0 aromatic carbocycles. The van der Waals surface area contributed by atoms with Crippen LogP contribution in [0, 0.1) is 5.92 Å². The summed E-state index contributed by atoms with van der Waals surface area (Å²) in [7, 11) is 0. The largest absolute Gasteiger partial charge is 0.369 e. The highest BCUT2D eigenvalue weighted by Crippen LogP contribution is 2.23. The van der Waals surface area contributed by atoms with E-state index in [1.807, 2.05) is 6.07 Å². The third-order valence-electron chi connectivity index (χ3n) is 3.47. The van der Waals surface area contributed by atoms with E-state index in [0.29, 0.717) is 24.3 Å². The van der Waals surface area contributed by atoms with E-state index in [0.717, 1.165) is 18.5 Å². The Bertz CT molecular complexity index is 423. The van der Waals surface area contributed by atoms with E-state index in [1.165, 1.54) is 0 Å². The molecule has 0 spiro atoms. The lowest BCUT2D eigenvalue weighted by molar-refractivity contribution is -0.124. The first kappa shape index (κ1) is 13.2. The highest BCUT2D eigenvalue weighted by molar-refractivity contribution is 6.29. The van der Waals surface area contributed by atoms with Crippen molar-refractivity contribution in [2.45, 2.75) is 32.4 Å². The van der Waals surface area contributed by atoms with E-state index in [-0.39, 0.29) is 11.8 Å². The topological polar surface area (TPSA) is 72.1 Å². The number of aromatic nitrogens is 2. The second-order valence-corrected chi connectivity index (χ2v) is 5.19. The standard InChI is InChI=1S/C12H17ClN4O/c1-8-2-3-9(12(14)18)6-17(8)7-10-4-5-11(13)16-15-10/h4-5,8-9H,2-3,6-7H2,1H3,(H2,14,18). The summed E-state index contributed by atoms with van der Waals surface area (Å²) in [6.45, 7) is 3.52. The van der Waals surface area contributed by atoms with Gasteiger partial charge >= 0.3 is 0 Å². The number of nitrogens with two attached hydrogens (primary N) is 1. The number of carbonyl (C=O) groups excluding carboxylic acids is 1. The zero-order chi connectivity index (χ0) is 13.1. The number of hydrogen-bond donors (Lipinski definition) is 1. The average molecular weight is 269 g/mol. The fourth-order valence-corrected chi connectivity index (χ4v) is 2.37. The van der Waals surface area contributed by atoms with Crippen molar-refractivity contribution in [2.24, 2.45) is 11.7 Å². The normalized spacial score (nSPS) is 25.0. The zero-order valence-electron chi connectivity index (χ0n) is 10.3. The van der Waals surface area contributed by atoms with Crippen LogP contribution in [0.2, 0.25) is 5.15 Å². The van der Waals surface area contributed by atoms with Gasteiger partial charge in [-0.1, -0.05) is 11.6 Å². The van der Waals surface area contributed by atoms with Crippen LogP contribution in [0.25, 0.3) is 0 Å². The van der Waals surface area contributed by atoms with Gasteiger partial charge in [-0.3, -0.25) is 9.69 Å². The van der Waals surface area contributed by atoms with Crippen molar-refractivity contribution in [1.82, 2.24) is 15.1 Å². The fourth-order valence-electron chi connectivity index (χ4n) is 2.27. The number of piperidine rings is 1. The van der Waals surface area contributed by atoms with E-state index >= 15 is 0 Å². The first-order valence-electron chi connectivity index (χ1n) is 6.07. The molecule has 1 saturated heterocycles. The molecule has 2 rings (SSSR count). The second-order valence-electron chi connectivity index (χ2n) is 4.80. The van der Waals surface area contributed by atoms with Gasteiger partial charge in [0.2, 0.25) is 5.91 Å². The van der Waals surface area contributed by atoms with Crippen molar-refractivity contribution >= 4 is 17.5 Å². The van der Waals surface area contributed by atoms with Crippen LogP contribution < -0.4 is 5.73 Å². The van der Waals surface area contributed by atoms with Gasteiger partial charge in [-0.05, 0) is 31.9 Å². The molecule has 1 aromatic rings. The maximum atomic E-state index is 11.3. The molecule has 1 amide bonds. The number of carbonyl (C=O) groups is 1. The second kappa shape index (κ2) is 5.63. The molecule has 0 bridgehead atoms. The predicted octanol–water partition coefficient (Wildman–Crippen LogP) is 1.22. The SMILES string of the molecule is CC1CCC(C(N)=O)CN1Cc1ccc(Cl)nn1. The van der Waals surface area contributed by atoms with Gasteiger partial charge in [0.1, 0.15) is 0 Å². The van der Waals surface area contributed by atoms with Gasteiger partial charge in [0.15, 0.2) is 5.15 Å². The van der Waals surface area contributed by atoms with Crippen LogP contribution >= 0.6 is 11.6 Å². The highest BCUT2D eigenvalue weighted by atomic mass is 35.5. The van der Waals surface area contributed by atoms with E-state index in [2.05, 4.69) is 22.0 Å². The Morgan fingerprint density at radius 2 is 2.28 bits per heavy atom.